The maximum Gasteiger partial charge on any atom is 0.320 e. The minimum atomic E-state index is -0.268. The third-order valence-corrected chi connectivity index (χ3v) is 9.53. The Morgan fingerprint density at radius 2 is 1.72 bits per heavy atom. The van der Waals surface area contributed by atoms with E-state index < -0.39 is 0 Å². The van der Waals surface area contributed by atoms with Crippen LogP contribution in [0.2, 0.25) is 0 Å². The van der Waals surface area contributed by atoms with E-state index in [1.165, 1.54) is 5.56 Å². The highest BCUT2D eigenvalue weighted by atomic mass is 16.5. The lowest BCUT2D eigenvalue weighted by molar-refractivity contribution is 0.171. The molecule has 0 spiro atoms. The van der Waals surface area contributed by atoms with Crippen molar-refractivity contribution < 1.29 is 9.53 Å². The lowest BCUT2D eigenvalue weighted by Crippen LogP contribution is -2.36. The molecule has 0 saturated carbocycles. The zero-order valence-corrected chi connectivity index (χ0v) is 28.1. The number of carbonyl (C=O) groups excluding carboxylic acids is 1. The number of aryl methyl sites for hydroxylation is 2. The van der Waals surface area contributed by atoms with Gasteiger partial charge in [0.15, 0.2) is 11.5 Å². The summed E-state index contributed by atoms with van der Waals surface area (Å²) < 4.78 is 10.6. The normalized spacial score (nSPS) is 19.9. The molecule has 1 fully saturated rings. The zero-order valence-electron chi connectivity index (χ0n) is 28.1. The van der Waals surface area contributed by atoms with Crippen molar-refractivity contribution in [1.29, 1.82) is 0 Å². The SMILES string of the molecule is Cc1ccc(-n2nc(C(C)(C)C)cc2NC(=O)N[C@H]2CC[C@@H](Oc3cc(C)c4nnc([C@@H]5CCCN5C)n4c3)c3ccccc32)cc1. The van der Waals surface area contributed by atoms with Crippen LogP contribution in [0.25, 0.3) is 11.3 Å². The van der Waals surface area contributed by atoms with Gasteiger partial charge in [-0.05, 0) is 88.0 Å². The van der Waals surface area contributed by atoms with Crippen LogP contribution in [0.15, 0.2) is 66.9 Å². The summed E-state index contributed by atoms with van der Waals surface area (Å²) in [5.41, 5.74) is 6.83. The molecule has 3 atom stereocenters. The van der Waals surface area contributed by atoms with Gasteiger partial charge in [-0.1, -0.05) is 62.7 Å². The van der Waals surface area contributed by atoms with Gasteiger partial charge in [0.2, 0.25) is 0 Å². The van der Waals surface area contributed by atoms with Gasteiger partial charge >= 0.3 is 6.03 Å². The van der Waals surface area contributed by atoms with E-state index in [-0.39, 0.29) is 29.6 Å². The molecule has 5 aromatic rings. The van der Waals surface area contributed by atoms with Gasteiger partial charge in [-0.2, -0.15) is 5.10 Å². The highest BCUT2D eigenvalue weighted by Gasteiger charge is 2.31. The van der Waals surface area contributed by atoms with Gasteiger partial charge in [-0.3, -0.25) is 14.6 Å². The number of urea groups is 1. The van der Waals surface area contributed by atoms with E-state index in [4.69, 9.17) is 9.84 Å². The van der Waals surface area contributed by atoms with Crippen LogP contribution in [-0.4, -0.2) is 48.9 Å². The van der Waals surface area contributed by atoms with Gasteiger partial charge < -0.3 is 10.1 Å². The molecule has 1 saturated heterocycles. The molecule has 0 unspecified atom stereocenters. The molecule has 2 N–H and O–H groups in total. The third kappa shape index (κ3) is 6.10. The molecular formula is C37H44N8O2. The van der Waals surface area contributed by atoms with E-state index in [9.17, 15) is 4.79 Å². The van der Waals surface area contributed by atoms with E-state index in [0.717, 1.165) is 77.5 Å². The molecule has 7 rings (SSSR count). The predicted molar refractivity (Wildman–Crippen MR) is 183 cm³/mol. The van der Waals surface area contributed by atoms with Gasteiger partial charge in [0.25, 0.3) is 0 Å². The maximum absolute atomic E-state index is 13.5. The first-order valence-corrected chi connectivity index (χ1v) is 16.6. The number of benzene rings is 2. The number of nitrogens with zero attached hydrogens (tertiary/aromatic N) is 6. The summed E-state index contributed by atoms with van der Waals surface area (Å²) in [5.74, 6) is 2.38. The van der Waals surface area contributed by atoms with E-state index in [2.05, 4.69) is 90.0 Å². The first kappa shape index (κ1) is 30.9. The molecule has 3 aromatic heterocycles. The smallest absolute Gasteiger partial charge is 0.320 e. The van der Waals surface area contributed by atoms with Crippen molar-refractivity contribution in [2.45, 2.75) is 83.9 Å². The average Bonchev–Trinajstić information content (AvgIpc) is 3.77. The monoisotopic (exact) mass is 632 g/mol. The molecular weight excluding hydrogens is 588 g/mol. The molecule has 1 aliphatic heterocycles. The number of ether oxygens (including phenoxy) is 1. The van der Waals surface area contributed by atoms with Crippen LogP contribution < -0.4 is 15.4 Å². The van der Waals surface area contributed by atoms with Crippen molar-refractivity contribution in [2.24, 2.45) is 0 Å². The second-order valence-corrected chi connectivity index (χ2v) is 14.1. The van der Waals surface area contributed by atoms with Gasteiger partial charge in [-0.15, -0.1) is 10.2 Å². The largest absolute Gasteiger partial charge is 0.484 e. The molecule has 10 nitrogen and oxygen atoms in total. The van der Waals surface area contributed by atoms with Crippen molar-refractivity contribution in [3.05, 3.63) is 101 Å². The molecule has 2 amide bonds. The number of rotatable bonds is 6. The lowest BCUT2D eigenvalue weighted by atomic mass is 9.85. The summed E-state index contributed by atoms with van der Waals surface area (Å²) in [6.07, 6.45) is 5.63. The fourth-order valence-electron chi connectivity index (χ4n) is 6.89. The van der Waals surface area contributed by atoms with Crippen LogP contribution in [0, 0.1) is 13.8 Å². The van der Waals surface area contributed by atoms with E-state index in [1.54, 1.807) is 0 Å². The number of fused-ring (bicyclic) bond motifs is 2. The van der Waals surface area contributed by atoms with Crippen LogP contribution in [0.4, 0.5) is 10.6 Å². The van der Waals surface area contributed by atoms with Crippen LogP contribution in [0.3, 0.4) is 0 Å². The fourth-order valence-corrected chi connectivity index (χ4v) is 6.89. The number of likely N-dealkylation sites (tertiary alicyclic amines) is 1. The first-order chi connectivity index (χ1) is 22.5. The summed E-state index contributed by atoms with van der Waals surface area (Å²) in [7, 11) is 2.15. The Morgan fingerprint density at radius 1 is 0.957 bits per heavy atom. The van der Waals surface area contributed by atoms with Gasteiger partial charge in [-0.25, -0.2) is 9.48 Å². The second-order valence-electron chi connectivity index (χ2n) is 14.1. The maximum atomic E-state index is 13.5. The van der Waals surface area contributed by atoms with Gasteiger partial charge in [0.05, 0.1) is 29.7 Å². The number of anilines is 1. The number of carbonyl (C=O) groups is 1. The zero-order chi connectivity index (χ0) is 32.9. The second kappa shape index (κ2) is 12.2. The Morgan fingerprint density at radius 3 is 2.45 bits per heavy atom. The summed E-state index contributed by atoms with van der Waals surface area (Å²) >= 11 is 0. The molecule has 4 heterocycles. The number of aromatic nitrogens is 5. The van der Waals surface area contributed by atoms with Crippen molar-refractivity contribution in [2.75, 3.05) is 18.9 Å². The minimum Gasteiger partial charge on any atom is -0.484 e. The Balaban J connectivity index is 1.10. The molecule has 2 aliphatic rings. The van der Waals surface area contributed by atoms with Crippen molar-refractivity contribution in [3.63, 3.8) is 0 Å². The Kier molecular flexibility index (Phi) is 8.00. The molecule has 10 heteroatoms. The van der Waals surface area contributed by atoms with E-state index in [1.807, 2.05) is 53.3 Å². The lowest BCUT2D eigenvalue weighted by Gasteiger charge is -2.32. The fraction of sp³-hybridized carbons (Fsp3) is 0.405. The molecule has 2 aromatic carbocycles. The average molecular weight is 633 g/mol. The van der Waals surface area contributed by atoms with Crippen LogP contribution >= 0.6 is 0 Å². The Hall–Kier alpha value is -4.70. The summed E-state index contributed by atoms with van der Waals surface area (Å²) in [5, 5.41) is 20.3. The number of nitrogens with one attached hydrogen (secondary N) is 2. The summed E-state index contributed by atoms with van der Waals surface area (Å²) in [4.78, 5) is 15.9. The Bertz CT molecular complexity index is 1920. The number of hydrogen-bond acceptors (Lipinski definition) is 6. The van der Waals surface area contributed by atoms with Crippen LogP contribution in [0.1, 0.15) is 98.4 Å². The molecule has 0 bridgehead atoms. The number of amides is 2. The van der Waals surface area contributed by atoms with Crippen molar-refractivity contribution in [3.8, 4) is 11.4 Å². The topological polar surface area (TPSA) is 102 Å². The van der Waals surface area contributed by atoms with E-state index in [0.29, 0.717) is 5.82 Å². The highest BCUT2D eigenvalue weighted by Crippen LogP contribution is 2.39. The first-order valence-electron chi connectivity index (χ1n) is 16.6. The number of hydrogen-bond donors (Lipinski definition) is 2. The molecule has 244 valence electrons. The summed E-state index contributed by atoms with van der Waals surface area (Å²) in [6, 6.07) is 20.2. The third-order valence-electron chi connectivity index (χ3n) is 9.53. The Labute approximate surface area is 276 Å². The highest BCUT2D eigenvalue weighted by molar-refractivity contribution is 5.89. The number of pyridine rings is 1. The minimum absolute atomic E-state index is 0.143. The summed E-state index contributed by atoms with van der Waals surface area (Å²) in [6.45, 7) is 11.5. The van der Waals surface area contributed by atoms with Gasteiger partial charge in [0.1, 0.15) is 17.7 Å². The molecule has 1 aliphatic carbocycles. The quantitative estimate of drug-likeness (QED) is 0.203. The van der Waals surface area contributed by atoms with Crippen LogP contribution in [0.5, 0.6) is 5.75 Å². The van der Waals surface area contributed by atoms with Crippen molar-refractivity contribution in [1.82, 2.24) is 34.6 Å². The van der Waals surface area contributed by atoms with E-state index >= 15 is 0 Å². The van der Waals surface area contributed by atoms with Crippen molar-refractivity contribution >= 4 is 17.5 Å². The predicted octanol–water partition coefficient (Wildman–Crippen LogP) is 7.37. The molecule has 47 heavy (non-hydrogen) atoms. The van der Waals surface area contributed by atoms with Crippen LogP contribution in [-0.2, 0) is 5.41 Å². The standard InChI is InChI=1S/C37H44N8O2/c1-23-13-15-25(16-14-23)45-33(21-32(42-45)37(3,4)5)39-36(46)38-29-17-18-31(28-11-8-7-10-27(28)29)47-26-20-24(2)34-40-41-35(44(34)22-26)30-12-9-19-43(30)6/h7-8,10-11,13-16,20-22,29-31H,9,12,17-19H2,1-6H3,(H2,38,39,46)/t29-,30-,31+/m0/s1. The van der Waals surface area contributed by atoms with Gasteiger partial charge in [0, 0.05) is 11.5 Å². The molecule has 0 radical (unpaired) electrons.